The average Bonchev–Trinajstić information content (AvgIpc) is 2.81. The number of rotatable bonds is 3. The molecule has 2 aromatic rings. The number of carbonyl (C=O) groups is 1. The minimum atomic E-state index is 0.198. The van der Waals surface area contributed by atoms with Gasteiger partial charge in [0.25, 0.3) is 0 Å². The molecule has 1 amide bonds. The highest BCUT2D eigenvalue weighted by Gasteiger charge is 2.24. The van der Waals surface area contributed by atoms with Crippen molar-refractivity contribution in [3.8, 4) is 0 Å². The van der Waals surface area contributed by atoms with Crippen molar-refractivity contribution in [2.24, 2.45) is 7.05 Å². The van der Waals surface area contributed by atoms with Crippen LogP contribution in [0, 0.1) is 6.92 Å². The standard InChI is InChI=1S/C17H20ClN3O/c1-12-3-5-13(6-4-12)7-8-16(22)21-10-9-14-15(11-21)20(2)17(18)19-14/h3-6H,7-11H2,1-2H3. The molecule has 5 heteroatoms. The lowest BCUT2D eigenvalue weighted by Crippen LogP contribution is -2.36. The molecule has 0 spiro atoms. The molecule has 1 aromatic heterocycles. The van der Waals surface area contributed by atoms with Gasteiger partial charge < -0.3 is 9.47 Å². The maximum atomic E-state index is 12.4. The van der Waals surface area contributed by atoms with Gasteiger partial charge in [0.1, 0.15) is 0 Å². The summed E-state index contributed by atoms with van der Waals surface area (Å²) in [5, 5.41) is 0.499. The van der Waals surface area contributed by atoms with E-state index in [0.717, 1.165) is 30.8 Å². The van der Waals surface area contributed by atoms with Crippen molar-refractivity contribution < 1.29 is 4.79 Å². The summed E-state index contributed by atoms with van der Waals surface area (Å²) in [5.74, 6) is 0.198. The largest absolute Gasteiger partial charge is 0.336 e. The number of aryl methyl sites for hydroxylation is 2. The van der Waals surface area contributed by atoms with E-state index in [1.54, 1.807) is 0 Å². The number of imidazole rings is 1. The van der Waals surface area contributed by atoms with Crippen molar-refractivity contribution in [3.05, 3.63) is 52.1 Å². The van der Waals surface area contributed by atoms with Crippen LogP contribution in [-0.4, -0.2) is 26.9 Å². The van der Waals surface area contributed by atoms with E-state index in [1.807, 2.05) is 16.5 Å². The van der Waals surface area contributed by atoms with Gasteiger partial charge >= 0.3 is 0 Å². The zero-order chi connectivity index (χ0) is 15.7. The van der Waals surface area contributed by atoms with Crippen LogP contribution in [-0.2, 0) is 31.2 Å². The lowest BCUT2D eigenvalue weighted by Gasteiger charge is -2.27. The molecule has 0 saturated carbocycles. The zero-order valence-corrected chi connectivity index (χ0v) is 13.7. The molecule has 0 N–H and O–H groups in total. The van der Waals surface area contributed by atoms with Gasteiger partial charge in [-0.2, -0.15) is 0 Å². The van der Waals surface area contributed by atoms with Crippen LogP contribution in [0.25, 0.3) is 0 Å². The number of carbonyl (C=O) groups excluding carboxylic acids is 1. The summed E-state index contributed by atoms with van der Waals surface area (Å²) in [6, 6.07) is 8.37. The molecule has 3 rings (SSSR count). The van der Waals surface area contributed by atoms with E-state index in [-0.39, 0.29) is 5.91 Å². The lowest BCUT2D eigenvalue weighted by atomic mass is 10.1. The molecule has 0 radical (unpaired) electrons. The van der Waals surface area contributed by atoms with Gasteiger partial charge in [-0.15, -0.1) is 0 Å². The fraction of sp³-hybridized carbons (Fsp3) is 0.412. The topological polar surface area (TPSA) is 38.1 Å². The van der Waals surface area contributed by atoms with Crippen molar-refractivity contribution in [2.45, 2.75) is 32.7 Å². The Balaban J connectivity index is 1.61. The summed E-state index contributed by atoms with van der Waals surface area (Å²) in [7, 11) is 1.90. The third-order valence-corrected chi connectivity index (χ3v) is 4.64. The Labute approximate surface area is 135 Å². The van der Waals surface area contributed by atoms with Gasteiger partial charge in [-0.05, 0) is 30.5 Å². The van der Waals surface area contributed by atoms with Gasteiger partial charge in [0.2, 0.25) is 11.2 Å². The molecule has 0 saturated heterocycles. The SMILES string of the molecule is Cc1ccc(CCC(=O)N2CCc3nc(Cl)n(C)c3C2)cc1. The van der Waals surface area contributed by atoms with E-state index in [0.29, 0.717) is 18.2 Å². The minimum absolute atomic E-state index is 0.198. The van der Waals surface area contributed by atoms with E-state index in [1.165, 1.54) is 11.1 Å². The predicted molar refractivity (Wildman–Crippen MR) is 86.8 cm³/mol. The third kappa shape index (κ3) is 3.02. The van der Waals surface area contributed by atoms with Crippen LogP contribution in [0.2, 0.25) is 5.28 Å². The first-order valence-corrected chi connectivity index (χ1v) is 7.95. The molecule has 1 aliphatic rings. The Kier molecular flexibility index (Phi) is 4.21. The van der Waals surface area contributed by atoms with Crippen molar-refractivity contribution in [1.29, 1.82) is 0 Å². The molecule has 0 unspecified atom stereocenters. The van der Waals surface area contributed by atoms with Crippen LogP contribution in [0.4, 0.5) is 0 Å². The van der Waals surface area contributed by atoms with E-state index in [4.69, 9.17) is 11.6 Å². The average molecular weight is 318 g/mol. The number of benzene rings is 1. The quantitative estimate of drug-likeness (QED) is 0.873. The molecule has 1 aliphatic heterocycles. The summed E-state index contributed by atoms with van der Waals surface area (Å²) in [6.45, 7) is 3.41. The molecule has 22 heavy (non-hydrogen) atoms. The number of nitrogens with zero attached hydrogens (tertiary/aromatic N) is 3. The molecule has 116 valence electrons. The first-order chi connectivity index (χ1) is 10.5. The van der Waals surface area contributed by atoms with Gasteiger partial charge in [-0.25, -0.2) is 4.98 Å². The molecule has 1 aromatic carbocycles. The second-order valence-electron chi connectivity index (χ2n) is 5.88. The summed E-state index contributed by atoms with van der Waals surface area (Å²) < 4.78 is 1.87. The first kappa shape index (κ1) is 15.1. The molecule has 0 fully saturated rings. The number of hydrogen-bond acceptors (Lipinski definition) is 2. The van der Waals surface area contributed by atoms with E-state index >= 15 is 0 Å². The van der Waals surface area contributed by atoms with Crippen LogP contribution >= 0.6 is 11.6 Å². The van der Waals surface area contributed by atoms with Crippen LogP contribution < -0.4 is 0 Å². The fourth-order valence-corrected chi connectivity index (χ4v) is 3.04. The van der Waals surface area contributed by atoms with Gasteiger partial charge in [0, 0.05) is 26.4 Å². The van der Waals surface area contributed by atoms with Crippen LogP contribution in [0.1, 0.15) is 28.9 Å². The Hall–Kier alpha value is -1.81. The highest BCUT2D eigenvalue weighted by Crippen LogP contribution is 2.22. The molecule has 0 bridgehead atoms. The van der Waals surface area contributed by atoms with Crippen molar-refractivity contribution in [1.82, 2.24) is 14.5 Å². The minimum Gasteiger partial charge on any atom is -0.336 e. The van der Waals surface area contributed by atoms with E-state index < -0.39 is 0 Å². The van der Waals surface area contributed by atoms with Crippen molar-refractivity contribution >= 4 is 17.5 Å². The summed E-state index contributed by atoms with van der Waals surface area (Å²) in [4.78, 5) is 18.7. The Morgan fingerprint density at radius 2 is 2.05 bits per heavy atom. The molecule has 0 atom stereocenters. The predicted octanol–water partition coefficient (Wildman–Crippen LogP) is 2.90. The van der Waals surface area contributed by atoms with Crippen molar-refractivity contribution in [3.63, 3.8) is 0 Å². The van der Waals surface area contributed by atoms with Crippen LogP contribution in [0.5, 0.6) is 0 Å². The van der Waals surface area contributed by atoms with E-state index in [9.17, 15) is 4.79 Å². The summed E-state index contributed by atoms with van der Waals surface area (Å²) in [5.41, 5.74) is 4.53. The Morgan fingerprint density at radius 3 is 2.77 bits per heavy atom. The van der Waals surface area contributed by atoms with Gasteiger partial charge in [0.15, 0.2) is 0 Å². The van der Waals surface area contributed by atoms with Crippen molar-refractivity contribution in [2.75, 3.05) is 6.54 Å². The number of hydrogen-bond donors (Lipinski definition) is 0. The van der Waals surface area contributed by atoms with Gasteiger partial charge in [0.05, 0.1) is 17.9 Å². The maximum absolute atomic E-state index is 12.4. The summed E-state index contributed by atoms with van der Waals surface area (Å²) in [6.07, 6.45) is 2.12. The first-order valence-electron chi connectivity index (χ1n) is 7.58. The van der Waals surface area contributed by atoms with Crippen LogP contribution in [0.15, 0.2) is 24.3 Å². The zero-order valence-electron chi connectivity index (χ0n) is 13.0. The van der Waals surface area contributed by atoms with Gasteiger partial charge in [-0.3, -0.25) is 4.79 Å². The van der Waals surface area contributed by atoms with Crippen LogP contribution in [0.3, 0.4) is 0 Å². The normalized spacial score (nSPS) is 14.0. The highest BCUT2D eigenvalue weighted by molar-refractivity contribution is 6.28. The Morgan fingerprint density at radius 1 is 1.32 bits per heavy atom. The van der Waals surface area contributed by atoms with Gasteiger partial charge in [-0.1, -0.05) is 29.8 Å². The second kappa shape index (κ2) is 6.13. The third-order valence-electron chi connectivity index (χ3n) is 4.30. The number of amides is 1. The second-order valence-corrected chi connectivity index (χ2v) is 6.22. The number of halogens is 1. The van der Waals surface area contributed by atoms with E-state index in [2.05, 4.69) is 36.2 Å². The maximum Gasteiger partial charge on any atom is 0.223 e. The molecule has 2 heterocycles. The highest BCUT2D eigenvalue weighted by atomic mass is 35.5. The molecule has 4 nitrogen and oxygen atoms in total. The molecular weight excluding hydrogens is 298 g/mol. The summed E-state index contributed by atoms with van der Waals surface area (Å²) >= 11 is 6.05. The lowest BCUT2D eigenvalue weighted by molar-refractivity contribution is -0.132. The molecular formula is C17H20ClN3O. The monoisotopic (exact) mass is 317 g/mol. The number of fused-ring (bicyclic) bond motifs is 1. The number of aromatic nitrogens is 2. The Bertz CT molecular complexity index is 691. The molecule has 0 aliphatic carbocycles. The fourth-order valence-electron chi connectivity index (χ4n) is 2.83. The smallest absolute Gasteiger partial charge is 0.223 e.